The number of amides is 2. The molecule has 1 aromatic heterocycles. The van der Waals surface area contributed by atoms with Crippen LogP contribution in [0.4, 0.5) is 18.9 Å². The van der Waals surface area contributed by atoms with Gasteiger partial charge in [0.05, 0.1) is 17.2 Å². The summed E-state index contributed by atoms with van der Waals surface area (Å²) >= 11 is 7.50. The quantitative estimate of drug-likeness (QED) is 0.552. The maximum absolute atomic E-state index is 13.5. The fourth-order valence-corrected chi connectivity index (χ4v) is 4.53. The van der Waals surface area contributed by atoms with E-state index in [2.05, 4.69) is 5.32 Å². The molecule has 0 saturated carbocycles. The number of benzene rings is 2. The molecule has 1 N–H and O–H groups in total. The summed E-state index contributed by atoms with van der Waals surface area (Å²) in [5.74, 6) is -1.39. The minimum atomic E-state index is -4.71. The summed E-state index contributed by atoms with van der Waals surface area (Å²) in [5, 5.41) is 4.90. The second-order valence-corrected chi connectivity index (χ2v) is 8.09. The molecule has 1 atom stereocenters. The highest BCUT2D eigenvalue weighted by Crippen LogP contribution is 2.41. The second kappa shape index (κ2) is 7.77. The monoisotopic (exact) mass is 450 g/mol. The summed E-state index contributed by atoms with van der Waals surface area (Å²) in [4.78, 5) is 27.8. The highest BCUT2D eigenvalue weighted by Gasteiger charge is 2.39. The van der Waals surface area contributed by atoms with Crippen LogP contribution in [-0.4, -0.2) is 23.3 Å². The molecule has 0 fully saturated rings. The van der Waals surface area contributed by atoms with Crippen molar-refractivity contribution in [3.05, 3.63) is 86.6 Å². The third kappa shape index (κ3) is 3.80. The number of nitrogens with zero attached hydrogens (tertiary/aromatic N) is 1. The number of alkyl halides is 3. The van der Waals surface area contributed by atoms with Gasteiger partial charge in [-0.05, 0) is 41.8 Å². The van der Waals surface area contributed by atoms with Crippen LogP contribution in [0.2, 0.25) is 5.02 Å². The van der Waals surface area contributed by atoms with Crippen molar-refractivity contribution in [3.63, 3.8) is 0 Å². The minimum Gasteiger partial charge on any atom is -0.324 e. The van der Waals surface area contributed by atoms with Crippen molar-refractivity contribution in [1.29, 1.82) is 0 Å². The van der Waals surface area contributed by atoms with E-state index in [-0.39, 0.29) is 0 Å². The third-order valence-electron chi connectivity index (χ3n) is 4.74. The van der Waals surface area contributed by atoms with Crippen molar-refractivity contribution in [3.8, 4) is 0 Å². The number of anilines is 1. The first-order valence-corrected chi connectivity index (χ1v) is 10.1. The molecule has 2 aromatic carbocycles. The summed E-state index contributed by atoms with van der Waals surface area (Å²) in [5.41, 5.74) is -0.559. The lowest BCUT2D eigenvalue weighted by atomic mass is 9.99. The molecule has 154 valence electrons. The molecular weight excluding hydrogens is 437 g/mol. The molecule has 2 heterocycles. The molecule has 0 bridgehead atoms. The van der Waals surface area contributed by atoms with Gasteiger partial charge in [-0.15, -0.1) is 11.3 Å². The Bertz CT molecular complexity index is 1120. The van der Waals surface area contributed by atoms with Gasteiger partial charge in [0.15, 0.2) is 0 Å². The number of thiophene rings is 1. The topological polar surface area (TPSA) is 49.4 Å². The zero-order valence-electron chi connectivity index (χ0n) is 15.2. The van der Waals surface area contributed by atoms with Crippen LogP contribution in [0.5, 0.6) is 0 Å². The summed E-state index contributed by atoms with van der Waals surface area (Å²) in [6.45, 7) is -0.403. The van der Waals surface area contributed by atoms with E-state index in [1.807, 2.05) is 0 Å². The predicted octanol–water partition coefficient (Wildman–Crippen LogP) is 5.60. The Morgan fingerprint density at radius 3 is 2.60 bits per heavy atom. The fraction of sp³-hybridized carbons (Fsp3) is 0.143. The SMILES string of the molecule is O=C1CN(C(=O)c2ccccc2C(F)(F)F)C(c2cccs2)c2cc(Cl)ccc2N1. The maximum atomic E-state index is 13.5. The number of carbonyl (C=O) groups is 2. The molecule has 1 aliphatic heterocycles. The van der Waals surface area contributed by atoms with Crippen LogP contribution in [0.1, 0.15) is 32.4 Å². The molecule has 0 radical (unpaired) electrons. The van der Waals surface area contributed by atoms with Gasteiger partial charge in [0.25, 0.3) is 5.91 Å². The van der Waals surface area contributed by atoms with Gasteiger partial charge in [0.2, 0.25) is 5.91 Å². The molecular formula is C21H14ClF3N2O2S. The van der Waals surface area contributed by atoms with Crippen LogP contribution < -0.4 is 5.32 Å². The first-order chi connectivity index (χ1) is 14.3. The number of hydrogen-bond acceptors (Lipinski definition) is 3. The smallest absolute Gasteiger partial charge is 0.324 e. The van der Waals surface area contributed by atoms with Gasteiger partial charge >= 0.3 is 6.18 Å². The summed E-state index contributed by atoms with van der Waals surface area (Å²) < 4.78 is 40.6. The lowest BCUT2D eigenvalue weighted by Crippen LogP contribution is -2.39. The van der Waals surface area contributed by atoms with Crippen LogP contribution in [0, 0.1) is 0 Å². The summed E-state index contributed by atoms with van der Waals surface area (Å²) in [7, 11) is 0. The molecule has 0 saturated heterocycles. The van der Waals surface area contributed by atoms with Gasteiger partial charge in [-0.3, -0.25) is 9.59 Å². The average molecular weight is 451 g/mol. The highest BCUT2D eigenvalue weighted by molar-refractivity contribution is 7.10. The van der Waals surface area contributed by atoms with Gasteiger partial charge in [-0.25, -0.2) is 0 Å². The van der Waals surface area contributed by atoms with E-state index in [9.17, 15) is 22.8 Å². The Hall–Kier alpha value is -2.84. The predicted molar refractivity (Wildman–Crippen MR) is 109 cm³/mol. The Balaban J connectivity index is 1.90. The number of carbonyl (C=O) groups excluding carboxylic acids is 2. The number of nitrogens with one attached hydrogen (secondary N) is 1. The van der Waals surface area contributed by atoms with E-state index >= 15 is 0 Å². The lowest BCUT2D eigenvalue weighted by Gasteiger charge is -2.30. The lowest BCUT2D eigenvalue weighted by molar-refractivity contribution is -0.138. The largest absolute Gasteiger partial charge is 0.417 e. The Kier molecular flexibility index (Phi) is 5.29. The van der Waals surface area contributed by atoms with Crippen LogP contribution >= 0.6 is 22.9 Å². The van der Waals surface area contributed by atoms with Crippen molar-refractivity contribution in [2.24, 2.45) is 0 Å². The third-order valence-corrected chi connectivity index (χ3v) is 5.90. The van der Waals surface area contributed by atoms with Crippen molar-refractivity contribution in [1.82, 2.24) is 4.90 Å². The van der Waals surface area contributed by atoms with Gasteiger partial charge in [0.1, 0.15) is 6.54 Å². The van der Waals surface area contributed by atoms with Crippen molar-refractivity contribution < 1.29 is 22.8 Å². The molecule has 0 aliphatic carbocycles. The Morgan fingerprint density at radius 2 is 1.90 bits per heavy atom. The molecule has 30 heavy (non-hydrogen) atoms. The number of hydrogen-bond donors (Lipinski definition) is 1. The van der Waals surface area contributed by atoms with Gasteiger partial charge in [-0.1, -0.05) is 29.8 Å². The summed E-state index contributed by atoms with van der Waals surface area (Å²) in [6.07, 6.45) is -4.71. The van der Waals surface area contributed by atoms with E-state index in [1.54, 1.807) is 35.7 Å². The maximum Gasteiger partial charge on any atom is 0.417 e. The number of fused-ring (bicyclic) bond motifs is 1. The van der Waals surface area contributed by atoms with E-state index in [4.69, 9.17) is 11.6 Å². The Morgan fingerprint density at radius 1 is 1.13 bits per heavy atom. The highest BCUT2D eigenvalue weighted by atomic mass is 35.5. The van der Waals surface area contributed by atoms with Gasteiger partial charge < -0.3 is 10.2 Å². The number of halogens is 4. The van der Waals surface area contributed by atoms with Crippen LogP contribution in [0.3, 0.4) is 0 Å². The minimum absolute atomic E-state index is 0.384. The zero-order chi connectivity index (χ0) is 21.5. The average Bonchev–Trinajstić information content (AvgIpc) is 3.18. The molecule has 4 rings (SSSR count). The van der Waals surface area contributed by atoms with E-state index in [0.717, 1.165) is 17.0 Å². The van der Waals surface area contributed by atoms with Crippen molar-refractivity contribution in [2.75, 3.05) is 11.9 Å². The van der Waals surface area contributed by atoms with E-state index in [0.29, 0.717) is 21.2 Å². The molecule has 1 aliphatic rings. The Labute approximate surface area is 178 Å². The van der Waals surface area contributed by atoms with Gasteiger partial charge in [0, 0.05) is 21.2 Å². The van der Waals surface area contributed by atoms with E-state index in [1.165, 1.54) is 23.5 Å². The first-order valence-electron chi connectivity index (χ1n) is 8.85. The zero-order valence-corrected chi connectivity index (χ0v) is 16.8. The fourth-order valence-electron chi connectivity index (χ4n) is 3.49. The molecule has 0 spiro atoms. The van der Waals surface area contributed by atoms with Crippen molar-refractivity contribution >= 4 is 40.4 Å². The molecule has 3 aromatic rings. The first kappa shape index (κ1) is 20.4. The normalized spacial score (nSPS) is 16.6. The molecule has 2 amide bonds. The molecule has 9 heteroatoms. The number of rotatable bonds is 2. The standard InChI is InChI=1S/C21H14ClF3N2O2S/c22-12-7-8-16-14(10-12)19(17-6-3-9-30-17)27(11-18(28)26-16)20(29)13-4-1-2-5-15(13)21(23,24)25/h1-10,19H,11H2,(H,26,28). The second-order valence-electron chi connectivity index (χ2n) is 6.67. The molecule has 4 nitrogen and oxygen atoms in total. The summed E-state index contributed by atoms with van der Waals surface area (Å²) in [6, 6.07) is 12.2. The molecule has 1 unspecified atom stereocenters. The van der Waals surface area contributed by atoms with Crippen LogP contribution in [0.15, 0.2) is 60.0 Å². The van der Waals surface area contributed by atoms with Gasteiger partial charge in [-0.2, -0.15) is 13.2 Å². The van der Waals surface area contributed by atoms with Crippen LogP contribution in [0.25, 0.3) is 0 Å². The van der Waals surface area contributed by atoms with Crippen molar-refractivity contribution in [2.45, 2.75) is 12.2 Å². The van der Waals surface area contributed by atoms with E-state index < -0.39 is 41.7 Å². The van der Waals surface area contributed by atoms with Crippen LogP contribution in [-0.2, 0) is 11.0 Å².